The van der Waals surface area contributed by atoms with E-state index in [9.17, 15) is 9.90 Å². The molecule has 1 saturated heterocycles. The highest BCUT2D eigenvalue weighted by Crippen LogP contribution is 2.26. The molecule has 0 unspecified atom stereocenters. The lowest BCUT2D eigenvalue weighted by Gasteiger charge is -2.33. The Morgan fingerprint density at radius 1 is 1.33 bits per heavy atom. The van der Waals surface area contributed by atoms with Gasteiger partial charge < -0.3 is 19.2 Å². The number of hydrogen-bond acceptors (Lipinski definition) is 5. The molecular formula is C18H28N2O4. The molecule has 2 fully saturated rings. The zero-order valence-corrected chi connectivity index (χ0v) is 14.2. The SMILES string of the molecule is O=C([C@@H]1CCC[C@H](O)C1)N(CCN1CCOCC1)Cc1ccco1. The minimum absolute atomic E-state index is 0.0617. The Kier molecular flexibility index (Phi) is 6.29. The van der Waals surface area contributed by atoms with Gasteiger partial charge >= 0.3 is 0 Å². The first-order valence-corrected chi connectivity index (χ1v) is 9.01. The number of amides is 1. The fourth-order valence-electron chi connectivity index (χ4n) is 3.59. The molecule has 2 heterocycles. The van der Waals surface area contributed by atoms with Crippen molar-refractivity contribution in [2.45, 2.75) is 38.3 Å². The van der Waals surface area contributed by atoms with Crippen LogP contribution in [0.15, 0.2) is 22.8 Å². The maximum absolute atomic E-state index is 13.0. The van der Waals surface area contributed by atoms with Gasteiger partial charge in [0, 0.05) is 32.1 Å². The second-order valence-corrected chi connectivity index (χ2v) is 6.81. The maximum Gasteiger partial charge on any atom is 0.226 e. The Bertz CT molecular complexity index is 499. The smallest absolute Gasteiger partial charge is 0.226 e. The standard InChI is InChI=1S/C18H28N2O4/c21-16-4-1-3-15(13-16)18(22)20(14-17-5-2-10-24-17)7-6-19-8-11-23-12-9-19/h2,5,10,15-16,21H,1,3-4,6-9,11-14H2/t15-,16+/m1/s1. The number of rotatable bonds is 6. The van der Waals surface area contributed by atoms with Crippen molar-refractivity contribution >= 4 is 5.91 Å². The highest BCUT2D eigenvalue weighted by atomic mass is 16.5. The van der Waals surface area contributed by atoms with Gasteiger partial charge in [-0.2, -0.15) is 0 Å². The molecule has 134 valence electrons. The van der Waals surface area contributed by atoms with Crippen molar-refractivity contribution in [3.8, 4) is 0 Å². The largest absolute Gasteiger partial charge is 0.467 e. The summed E-state index contributed by atoms with van der Waals surface area (Å²) in [6, 6.07) is 3.76. The summed E-state index contributed by atoms with van der Waals surface area (Å²) in [5.41, 5.74) is 0. The Morgan fingerprint density at radius 3 is 2.88 bits per heavy atom. The molecule has 6 heteroatoms. The fraction of sp³-hybridized carbons (Fsp3) is 0.722. The van der Waals surface area contributed by atoms with Crippen LogP contribution in [0.4, 0.5) is 0 Å². The first-order chi connectivity index (χ1) is 11.7. The van der Waals surface area contributed by atoms with Crippen molar-refractivity contribution in [2.75, 3.05) is 39.4 Å². The molecule has 24 heavy (non-hydrogen) atoms. The number of aliphatic hydroxyl groups is 1. The van der Waals surface area contributed by atoms with Crippen molar-refractivity contribution in [1.29, 1.82) is 0 Å². The Labute approximate surface area is 143 Å². The molecule has 2 atom stereocenters. The summed E-state index contributed by atoms with van der Waals surface area (Å²) in [5, 5.41) is 9.89. The van der Waals surface area contributed by atoms with Crippen LogP contribution in [0.1, 0.15) is 31.4 Å². The Morgan fingerprint density at radius 2 is 2.17 bits per heavy atom. The lowest BCUT2D eigenvalue weighted by atomic mass is 9.86. The molecule has 0 radical (unpaired) electrons. The van der Waals surface area contributed by atoms with Gasteiger partial charge in [0.05, 0.1) is 32.1 Å². The zero-order valence-electron chi connectivity index (χ0n) is 14.2. The van der Waals surface area contributed by atoms with Crippen molar-refractivity contribution in [1.82, 2.24) is 9.80 Å². The third kappa shape index (κ3) is 4.82. The van der Waals surface area contributed by atoms with E-state index in [0.717, 1.165) is 57.9 Å². The third-order valence-electron chi connectivity index (χ3n) is 5.02. The molecule has 1 amide bonds. The number of morpholine rings is 1. The van der Waals surface area contributed by atoms with Gasteiger partial charge in [-0.3, -0.25) is 9.69 Å². The Hall–Kier alpha value is -1.37. The van der Waals surface area contributed by atoms with Crippen molar-refractivity contribution in [3.05, 3.63) is 24.2 Å². The maximum atomic E-state index is 13.0. The second-order valence-electron chi connectivity index (χ2n) is 6.81. The van der Waals surface area contributed by atoms with Gasteiger partial charge in [0.25, 0.3) is 0 Å². The zero-order chi connectivity index (χ0) is 16.8. The van der Waals surface area contributed by atoms with Gasteiger partial charge in [0.15, 0.2) is 0 Å². The average molecular weight is 336 g/mol. The monoisotopic (exact) mass is 336 g/mol. The van der Waals surface area contributed by atoms with Crippen LogP contribution in [0, 0.1) is 5.92 Å². The quantitative estimate of drug-likeness (QED) is 0.853. The molecule has 6 nitrogen and oxygen atoms in total. The fourth-order valence-corrected chi connectivity index (χ4v) is 3.59. The Balaban J connectivity index is 1.60. The minimum Gasteiger partial charge on any atom is -0.467 e. The van der Waals surface area contributed by atoms with Gasteiger partial charge in [-0.05, 0) is 31.4 Å². The van der Waals surface area contributed by atoms with Crippen LogP contribution in [0.2, 0.25) is 0 Å². The van der Waals surface area contributed by atoms with E-state index in [1.54, 1.807) is 6.26 Å². The number of furan rings is 1. The van der Waals surface area contributed by atoms with Crippen LogP contribution in [0.5, 0.6) is 0 Å². The van der Waals surface area contributed by atoms with E-state index < -0.39 is 0 Å². The van der Waals surface area contributed by atoms with Gasteiger partial charge in [0.1, 0.15) is 5.76 Å². The first kappa shape index (κ1) is 17.5. The lowest BCUT2D eigenvalue weighted by Crippen LogP contribution is -2.45. The van der Waals surface area contributed by atoms with E-state index in [4.69, 9.17) is 9.15 Å². The minimum atomic E-state index is -0.336. The molecule has 1 aliphatic carbocycles. The van der Waals surface area contributed by atoms with Crippen molar-refractivity contribution in [3.63, 3.8) is 0 Å². The topological polar surface area (TPSA) is 66.2 Å². The highest BCUT2D eigenvalue weighted by Gasteiger charge is 2.30. The summed E-state index contributed by atoms with van der Waals surface area (Å²) in [5.74, 6) is 0.897. The molecule has 1 aromatic heterocycles. The van der Waals surface area contributed by atoms with Gasteiger partial charge in [0.2, 0.25) is 5.91 Å². The summed E-state index contributed by atoms with van der Waals surface area (Å²) in [6.07, 6.45) is 4.51. The van der Waals surface area contributed by atoms with Crippen molar-refractivity contribution < 1.29 is 19.1 Å². The van der Waals surface area contributed by atoms with Crippen LogP contribution in [0.25, 0.3) is 0 Å². The molecule has 0 bridgehead atoms. The summed E-state index contributed by atoms with van der Waals surface area (Å²) in [7, 11) is 0. The first-order valence-electron chi connectivity index (χ1n) is 9.01. The summed E-state index contributed by atoms with van der Waals surface area (Å²) in [4.78, 5) is 17.2. The molecule has 1 saturated carbocycles. The third-order valence-corrected chi connectivity index (χ3v) is 5.02. The van der Waals surface area contributed by atoms with E-state index >= 15 is 0 Å². The van der Waals surface area contributed by atoms with E-state index in [0.29, 0.717) is 19.5 Å². The lowest BCUT2D eigenvalue weighted by molar-refractivity contribution is -0.139. The molecule has 0 aromatic carbocycles. The van der Waals surface area contributed by atoms with Crippen LogP contribution in [-0.4, -0.2) is 66.3 Å². The van der Waals surface area contributed by atoms with Crippen LogP contribution >= 0.6 is 0 Å². The van der Waals surface area contributed by atoms with E-state index in [1.165, 1.54) is 0 Å². The van der Waals surface area contributed by atoms with E-state index in [1.807, 2.05) is 17.0 Å². The number of carbonyl (C=O) groups is 1. The van der Waals surface area contributed by atoms with Crippen molar-refractivity contribution in [2.24, 2.45) is 5.92 Å². The second kappa shape index (κ2) is 8.65. The average Bonchev–Trinajstić information content (AvgIpc) is 3.12. The number of carbonyl (C=O) groups excluding carboxylic acids is 1. The number of hydrogen-bond donors (Lipinski definition) is 1. The molecule has 1 N–H and O–H groups in total. The predicted octanol–water partition coefficient (Wildman–Crippen LogP) is 1.49. The molecule has 1 aromatic rings. The number of ether oxygens (including phenoxy) is 1. The normalized spacial score (nSPS) is 25.5. The van der Waals surface area contributed by atoms with Crippen LogP contribution < -0.4 is 0 Å². The van der Waals surface area contributed by atoms with E-state index in [2.05, 4.69) is 4.90 Å². The molecule has 1 aliphatic heterocycles. The number of nitrogens with zero attached hydrogens (tertiary/aromatic N) is 2. The van der Waals surface area contributed by atoms with Crippen LogP contribution in [-0.2, 0) is 16.1 Å². The molecular weight excluding hydrogens is 308 g/mol. The summed E-state index contributed by atoms with van der Waals surface area (Å²) < 4.78 is 10.8. The summed E-state index contributed by atoms with van der Waals surface area (Å²) in [6.45, 7) is 5.41. The van der Waals surface area contributed by atoms with Crippen LogP contribution in [0.3, 0.4) is 0 Å². The summed E-state index contributed by atoms with van der Waals surface area (Å²) >= 11 is 0. The van der Waals surface area contributed by atoms with Gasteiger partial charge in [-0.15, -0.1) is 0 Å². The number of aliphatic hydroxyl groups excluding tert-OH is 1. The van der Waals surface area contributed by atoms with Gasteiger partial charge in [-0.25, -0.2) is 0 Å². The van der Waals surface area contributed by atoms with Gasteiger partial charge in [-0.1, -0.05) is 6.42 Å². The van der Waals surface area contributed by atoms with E-state index in [-0.39, 0.29) is 17.9 Å². The molecule has 0 spiro atoms. The molecule has 3 rings (SSSR count). The molecule has 2 aliphatic rings. The predicted molar refractivity (Wildman–Crippen MR) is 89.3 cm³/mol. The highest BCUT2D eigenvalue weighted by molar-refractivity contribution is 5.79.